The van der Waals surface area contributed by atoms with E-state index >= 15 is 0 Å². The third-order valence-electron chi connectivity index (χ3n) is 6.56. The number of piperazine rings is 1. The van der Waals surface area contributed by atoms with E-state index in [0.29, 0.717) is 13.2 Å². The molecule has 7 heteroatoms. The van der Waals surface area contributed by atoms with Crippen molar-refractivity contribution in [2.75, 3.05) is 52.4 Å². The fourth-order valence-corrected chi connectivity index (χ4v) is 5.89. The van der Waals surface area contributed by atoms with Crippen LogP contribution in [0.1, 0.15) is 22.7 Å². The number of carbonyl (C=O) groups is 1. The lowest BCUT2D eigenvalue weighted by Crippen LogP contribution is -2.49. The number of aryl methyl sites for hydroxylation is 1. The summed E-state index contributed by atoms with van der Waals surface area (Å²) < 4.78 is 19.2. The molecule has 164 valence electrons. The summed E-state index contributed by atoms with van der Waals surface area (Å²) in [4.78, 5) is 20.8. The largest absolute Gasteiger partial charge is 0.448 e. The lowest BCUT2D eigenvalue weighted by Gasteiger charge is -2.40. The molecule has 3 aliphatic rings. The molecule has 0 bridgehead atoms. The molecule has 1 atom stereocenters. The van der Waals surface area contributed by atoms with E-state index in [1.165, 1.54) is 16.0 Å². The number of amides is 1. The molecule has 1 amide bonds. The smallest absolute Gasteiger partial charge is 0.409 e. The van der Waals surface area contributed by atoms with Crippen molar-refractivity contribution in [1.82, 2.24) is 14.7 Å². The quantitative estimate of drug-likeness (QED) is 0.718. The number of benzene rings is 2. The molecular formula is C24H28FN3O2S. The number of fused-ring (bicyclic) bond motifs is 2. The third kappa shape index (κ3) is 4.45. The van der Waals surface area contributed by atoms with Crippen LogP contribution >= 0.6 is 11.8 Å². The molecule has 0 aromatic heterocycles. The molecule has 0 saturated carbocycles. The predicted octanol–water partition coefficient (Wildman–Crippen LogP) is 3.95. The lowest BCUT2D eigenvalue weighted by molar-refractivity contribution is 0.0887. The number of ether oxygens (including phenoxy) is 1. The maximum Gasteiger partial charge on any atom is 0.409 e. The molecule has 5 rings (SSSR count). The summed E-state index contributed by atoms with van der Waals surface area (Å²) in [5, 5.41) is 0. The monoisotopic (exact) mass is 441 g/mol. The fraction of sp³-hybridized carbons (Fsp3) is 0.458. The highest BCUT2D eigenvalue weighted by molar-refractivity contribution is 7.99. The van der Waals surface area contributed by atoms with Crippen LogP contribution in [0.4, 0.5) is 9.18 Å². The van der Waals surface area contributed by atoms with Crippen LogP contribution in [0.3, 0.4) is 0 Å². The molecule has 2 aromatic carbocycles. The highest BCUT2D eigenvalue weighted by atomic mass is 32.2. The van der Waals surface area contributed by atoms with Crippen molar-refractivity contribution in [3.63, 3.8) is 0 Å². The first kappa shape index (κ1) is 20.8. The van der Waals surface area contributed by atoms with Gasteiger partial charge in [-0.15, -0.1) is 0 Å². The summed E-state index contributed by atoms with van der Waals surface area (Å²) in [6, 6.07) is 12.1. The van der Waals surface area contributed by atoms with Gasteiger partial charge in [-0.25, -0.2) is 9.18 Å². The van der Waals surface area contributed by atoms with Crippen molar-refractivity contribution in [3.05, 3.63) is 58.9 Å². The number of nitrogens with zero attached hydrogens (tertiary/aromatic N) is 3. The lowest BCUT2D eigenvalue weighted by atomic mass is 9.95. The summed E-state index contributed by atoms with van der Waals surface area (Å²) in [5.41, 5.74) is 3.72. The summed E-state index contributed by atoms with van der Waals surface area (Å²) in [6.07, 6.45) is 0.710. The van der Waals surface area contributed by atoms with Crippen LogP contribution < -0.4 is 0 Å². The first-order valence-corrected chi connectivity index (χ1v) is 11.8. The zero-order valence-electron chi connectivity index (χ0n) is 17.8. The van der Waals surface area contributed by atoms with Crippen LogP contribution in [-0.4, -0.2) is 73.2 Å². The molecule has 5 nitrogen and oxygen atoms in total. The van der Waals surface area contributed by atoms with Crippen molar-refractivity contribution in [3.8, 4) is 0 Å². The van der Waals surface area contributed by atoms with E-state index in [0.717, 1.165) is 56.1 Å². The molecule has 0 aliphatic carbocycles. The molecule has 2 fully saturated rings. The molecule has 0 spiro atoms. The molecule has 2 aromatic rings. The molecule has 3 aliphatic heterocycles. The Kier molecular flexibility index (Phi) is 5.91. The summed E-state index contributed by atoms with van der Waals surface area (Å²) in [6.45, 7) is 8.72. The second kappa shape index (κ2) is 8.81. The fourth-order valence-electron chi connectivity index (χ4n) is 4.79. The van der Waals surface area contributed by atoms with Crippen molar-refractivity contribution in [2.45, 2.75) is 29.2 Å². The SMILES string of the molecule is Cc1ccc2c(c1)C[C@@H](N1CCN(CCN3CCOC3=O)CC1)c1cc(F)ccc1S2. The van der Waals surface area contributed by atoms with Gasteiger partial charge in [0.25, 0.3) is 0 Å². The Bertz CT molecular complexity index is 977. The third-order valence-corrected chi connectivity index (χ3v) is 7.77. The number of cyclic esters (lactones) is 1. The summed E-state index contributed by atoms with van der Waals surface area (Å²) in [7, 11) is 0. The van der Waals surface area contributed by atoms with Gasteiger partial charge >= 0.3 is 6.09 Å². The molecule has 3 heterocycles. The number of rotatable bonds is 4. The maximum absolute atomic E-state index is 14.2. The van der Waals surface area contributed by atoms with Crippen LogP contribution in [0.5, 0.6) is 0 Å². The maximum atomic E-state index is 14.2. The van der Waals surface area contributed by atoms with Crippen molar-refractivity contribution >= 4 is 17.9 Å². The molecule has 0 unspecified atom stereocenters. The van der Waals surface area contributed by atoms with Gasteiger partial charge in [0.2, 0.25) is 0 Å². The van der Waals surface area contributed by atoms with Crippen LogP contribution in [-0.2, 0) is 11.2 Å². The van der Waals surface area contributed by atoms with Crippen LogP contribution in [0.25, 0.3) is 0 Å². The Balaban J connectivity index is 1.31. The first-order chi connectivity index (χ1) is 15.1. The van der Waals surface area contributed by atoms with E-state index in [1.807, 2.05) is 6.07 Å². The van der Waals surface area contributed by atoms with E-state index < -0.39 is 0 Å². The van der Waals surface area contributed by atoms with Gasteiger partial charge in [-0.2, -0.15) is 0 Å². The molecular weight excluding hydrogens is 413 g/mol. The molecule has 2 saturated heterocycles. The highest BCUT2D eigenvalue weighted by Crippen LogP contribution is 2.43. The van der Waals surface area contributed by atoms with Gasteiger partial charge in [-0.05, 0) is 48.7 Å². The minimum absolute atomic E-state index is 0.164. The zero-order valence-corrected chi connectivity index (χ0v) is 18.7. The minimum atomic E-state index is -0.192. The average molecular weight is 442 g/mol. The zero-order chi connectivity index (χ0) is 21.4. The highest BCUT2D eigenvalue weighted by Gasteiger charge is 2.31. The second-order valence-corrected chi connectivity index (χ2v) is 9.68. The number of halogens is 1. The van der Waals surface area contributed by atoms with E-state index in [1.54, 1.807) is 28.8 Å². The van der Waals surface area contributed by atoms with Gasteiger partial charge in [0, 0.05) is 55.1 Å². The van der Waals surface area contributed by atoms with Crippen molar-refractivity contribution in [2.24, 2.45) is 0 Å². The predicted molar refractivity (Wildman–Crippen MR) is 119 cm³/mol. The van der Waals surface area contributed by atoms with Crippen LogP contribution in [0.15, 0.2) is 46.2 Å². The van der Waals surface area contributed by atoms with Crippen molar-refractivity contribution < 1.29 is 13.9 Å². The Hall–Kier alpha value is -2.09. The first-order valence-electron chi connectivity index (χ1n) is 11.0. The van der Waals surface area contributed by atoms with E-state index in [4.69, 9.17) is 4.74 Å². The summed E-state index contributed by atoms with van der Waals surface area (Å²) in [5.74, 6) is -0.164. The topological polar surface area (TPSA) is 36.0 Å². The molecule has 0 N–H and O–H groups in total. The Morgan fingerprint density at radius 1 is 1.03 bits per heavy atom. The van der Waals surface area contributed by atoms with E-state index in [9.17, 15) is 9.18 Å². The number of hydrogen-bond acceptors (Lipinski definition) is 5. The van der Waals surface area contributed by atoms with Crippen LogP contribution in [0.2, 0.25) is 0 Å². The van der Waals surface area contributed by atoms with Gasteiger partial charge in [-0.1, -0.05) is 29.5 Å². The van der Waals surface area contributed by atoms with Gasteiger partial charge in [0.05, 0.1) is 6.54 Å². The average Bonchev–Trinajstić information content (AvgIpc) is 3.11. The number of carbonyl (C=O) groups excluding carboxylic acids is 1. The number of hydrogen-bond donors (Lipinski definition) is 0. The summed E-state index contributed by atoms with van der Waals surface area (Å²) >= 11 is 1.76. The van der Waals surface area contributed by atoms with Gasteiger partial charge in [0.15, 0.2) is 0 Å². The van der Waals surface area contributed by atoms with Crippen molar-refractivity contribution in [1.29, 1.82) is 0 Å². The van der Waals surface area contributed by atoms with Gasteiger partial charge in [-0.3, -0.25) is 9.80 Å². The van der Waals surface area contributed by atoms with E-state index in [-0.39, 0.29) is 18.0 Å². The molecule has 31 heavy (non-hydrogen) atoms. The Morgan fingerprint density at radius 3 is 2.61 bits per heavy atom. The Morgan fingerprint density at radius 2 is 1.84 bits per heavy atom. The normalized spacial score (nSPS) is 22.1. The second-order valence-electron chi connectivity index (χ2n) is 8.59. The standard InChI is InChI=1S/C24H28FN3O2S/c1-17-2-4-22-18(14-17)15-21(20-16-19(25)3-5-23(20)31-22)27-9-6-26(7-10-27)8-11-28-12-13-30-24(28)29/h2-5,14,16,21H,6-13,15H2,1H3/t21-/m1/s1. The minimum Gasteiger partial charge on any atom is -0.448 e. The van der Waals surface area contributed by atoms with Crippen LogP contribution in [0, 0.1) is 12.7 Å². The molecule has 0 radical (unpaired) electrons. The van der Waals surface area contributed by atoms with Gasteiger partial charge in [0.1, 0.15) is 12.4 Å². The van der Waals surface area contributed by atoms with Gasteiger partial charge < -0.3 is 9.64 Å². The van der Waals surface area contributed by atoms with E-state index in [2.05, 4.69) is 34.9 Å². The Labute approximate surface area is 187 Å².